The van der Waals surface area contributed by atoms with Gasteiger partial charge in [-0.05, 0) is 85.0 Å². The third-order valence-electron chi connectivity index (χ3n) is 7.72. The second kappa shape index (κ2) is 7.85. The van der Waals surface area contributed by atoms with E-state index >= 15 is 0 Å². The first kappa shape index (κ1) is 21.0. The molecule has 1 nitrogen and oxygen atoms in total. The van der Waals surface area contributed by atoms with Crippen LogP contribution < -0.4 is 4.90 Å². The Morgan fingerprint density at radius 2 is 1.34 bits per heavy atom. The molecule has 2 aliphatic carbocycles. The molecule has 2 aliphatic rings. The highest BCUT2D eigenvalue weighted by Gasteiger charge is 2.40. The lowest BCUT2D eigenvalue weighted by Gasteiger charge is -2.41. The molecule has 0 amide bonds. The Labute approximate surface area is 211 Å². The first-order valence-electron chi connectivity index (χ1n) is 13.3. The van der Waals surface area contributed by atoms with Gasteiger partial charge in [-0.15, -0.1) is 0 Å². The number of anilines is 2. The second-order valence-corrected chi connectivity index (χ2v) is 11.6. The molecule has 0 bridgehead atoms. The fraction of sp³-hybridized carbons (Fsp3) is 0.294. The second-order valence-electron chi connectivity index (χ2n) is 11.6. The molecule has 0 spiro atoms. The van der Waals surface area contributed by atoms with Crippen molar-refractivity contribution in [2.75, 3.05) is 4.90 Å². The number of benzene rings is 4. The zero-order chi connectivity index (χ0) is 25.3. The van der Waals surface area contributed by atoms with Gasteiger partial charge in [0.2, 0.25) is 0 Å². The predicted molar refractivity (Wildman–Crippen MR) is 150 cm³/mol. The van der Waals surface area contributed by atoms with E-state index in [-0.39, 0.29) is 11.0 Å². The summed E-state index contributed by atoms with van der Waals surface area (Å²) in [5.41, 5.74) is 11.1. The maximum atomic E-state index is 9.33. The summed E-state index contributed by atoms with van der Waals surface area (Å²) >= 11 is 0. The number of fused-ring (bicyclic) bond motifs is 3. The summed E-state index contributed by atoms with van der Waals surface area (Å²) in [6.45, 7) is 11.5. The van der Waals surface area contributed by atoms with Crippen LogP contribution in [0.2, 0.25) is 0 Å². The summed E-state index contributed by atoms with van der Waals surface area (Å²) in [6, 6.07) is 33.0. The first-order valence-corrected chi connectivity index (χ1v) is 12.8. The molecule has 6 rings (SSSR count). The van der Waals surface area contributed by atoms with Gasteiger partial charge in [-0.1, -0.05) is 92.7 Å². The topological polar surface area (TPSA) is 3.24 Å². The lowest BCUT2D eigenvalue weighted by molar-refractivity contribution is 0.559. The van der Waals surface area contributed by atoms with Gasteiger partial charge in [0.25, 0.3) is 0 Å². The van der Waals surface area contributed by atoms with Crippen molar-refractivity contribution in [2.24, 2.45) is 0 Å². The summed E-state index contributed by atoms with van der Waals surface area (Å²) in [5.74, 6) is -0.513. The van der Waals surface area contributed by atoms with Crippen molar-refractivity contribution in [3.63, 3.8) is 0 Å². The summed E-state index contributed by atoms with van der Waals surface area (Å²) < 4.78 is 9.33. The first-order chi connectivity index (χ1) is 17.1. The Morgan fingerprint density at radius 1 is 0.714 bits per heavy atom. The van der Waals surface area contributed by atoms with Gasteiger partial charge >= 0.3 is 0 Å². The standard InChI is InChI=1S/C34H35N/c1-33(2,3)35(31-18-12-10-15-25(31)23-13-7-6-8-14-23)32-22-28-26-16-9-11-17-29(26)34(4,5)30(28)21-27(32)24-19-20-24/h6-18,21-22,24H,19-20H2,1-5H3/i24D. The molecular weight excluding hydrogens is 422 g/mol. The van der Waals surface area contributed by atoms with Crippen LogP contribution in [0.4, 0.5) is 11.4 Å². The lowest BCUT2D eigenvalue weighted by atomic mass is 9.81. The Kier molecular flexibility index (Phi) is 4.71. The van der Waals surface area contributed by atoms with Crippen LogP contribution in [0.1, 0.15) is 71.4 Å². The Balaban J connectivity index is 1.65. The van der Waals surface area contributed by atoms with Crippen LogP contribution in [0, 0.1) is 0 Å². The Hall–Kier alpha value is -3.32. The third kappa shape index (κ3) is 3.60. The summed E-state index contributed by atoms with van der Waals surface area (Å²) in [4.78, 5) is 2.49. The van der Waals surface area contributed by atoms with Gasteiger partial charge < -0.3 is 4.90 Å². The molecule has 176 valence electrons. The zero-order valence-electron chi connectivity index (χ0n) is 22.5. The normalized spacial score (nSPS) is 17.3. The summed E-state index contributed by atoms with van der Waals surface area (Å²) in [6.07, 6.45) is 1.84. The highest BCUT2D eigenvalue weighted by atomic mass is 15.2. The molecular formula is C34H35N. The molecule has 0 aromatic heterocycles. The van der Waals surface area contributed by atoms with E-state index in [0.717, 1.165) is 12.8 Å². The third-order valence-corrected chi connectivity index (χ3v) is 7.72. The van der Waals surface area contributed by atoms with Crippen molar-refractivity contribution in [3.8, 4) is 22.3 Å². The molecule has 4 aromatic rings. The highest BCUT2D eigenvalue weighted by Crippen LogP contribution is 2.55. The molecule has 0 atom stereocenters. The van der Waals surface area contributed by atoms with E-state index in [9.17, 15) is 1.37 Å². The van der Waals surface area contributed by atoms with E-state index in [2.05, 4.69) is 131 Å². The van der Waals surface area contributed by atoms with Crippen molar-refractivity contribution in [3.05, 3.63) is 108 Å². The number of nitrogens with zero attached hydrogens (tertiary/aromatic N) is 1. The van der Waals surface area contributed by atoms with Crippen molar-refractivity contribution in [2.45, 2.75) is 64.3 Å². The molecule has 35 heavy (non-hydrogen) atoms. The SMILES string of the molecule is [2H]C1(c2cc3c(cc2N(c2ccccc2-c2ccccc2)C(C)(C)C)-c2ccccc2C3(C)C)CC1. The van der Waals surface area contributed by atoms with Crippen LogP contribution in [-0.4, -0.2) is 5.54 Å². The molecule has 0 aliphatic heterocycles. The van der Waals surface area contributed by atoms with E-state index in [0.29, 0.717) is 0 Å². The highest BCUT2D eigenvalue weighted by molar-refractivity contribution is 5.89. The Morgan fingerprint density at radius 3 is 2.03 bits per heavy atom. The molecule has 1 heteroatoms. The molecule has 0 N–H and O–H groups in total. The van der Waals surface area contributed by atoms with Gasteiger partial charge in [0.05, 0.1) is 0 Å². The van der Waals surface area contributed by atoms with Crippen LogP contribution in [0.15, 0.2) is 91.0 Å². The van der Waals surface area contributed by atoms with Crippen molar-refractivity contribution >= 4 is 11.4 Å². The van der Waals surface area contributed by atoms with Gasteiger partial charge in [0.1, 0.15) is 0 Å². The summed E-state index contributed by atoms with van der Waals surface area (Å²) in [5, 5.41) is 0. The van der Waals surface area contributed by atoms with Crippen LogP contribution in [0.3, 0.4) is 0 Å². The number of rotatable bonds is 4. The van der Waals surface area contributed by atoms with E-state index in [4.69, 9.17) is 0 Å². The quantitative estimate of drug-likeness (QED) is 0.294. The smallest absolute Gasteiger partial charge is 0.0495 e. The summed E-state index contributed by atoms with van der Waals surface area (Å²) in [7, 11) is 0. The van der Waals surface area contributed by atoms with Gasteiger partial charge in [0.15, 0.2) is 0 Å². The van der Waals surface area contributed by atoms with Crippen molar-refractivity contribution in [1.29, 1.82) is 0 Å². The fourth-order valence-corrected chi connectivity index (χ4v) is 5.92. The minimum absolute atomic E-state index is 0.0705. The van der Waals surface area contributed by atoms with Gasteiger partial charge in [-0.2, -0.15) is 0 Å². The molecule has 0 radical (unpaired) electrons. The maximum absolute atomic E-state index is 9.33. The largest absolute Gasteiger partial charge is 0.335 e. The maximum Gasteiger partial charge on any atom is 0.0495 e. The molecule has 4 aromatic carbocycles. The fourth-order valence-electron chi connectivity index (χ4n) is 5.92. The average Bonchev–Trinajstić information content (AvgIpc) is 3.57. The van der Waals surface area contributed by atoms with E-state index < -0.39 is 5.89 Å². The van der Waals surface area contributed by atoms with Crippen LogP contribution in [0.25, 0.3) is 22.3 Å². The molecule has 0 unspecified atom stereocenters. The molecule has 1 fully saturated rings. The van der Waals surface area contributed by atoms with Crippen LogP contribution in [-0.2, 0) is 5.41 Å². The molecule has 0 heterocycles. The predicted octanol–water partition coefficient (Wildman–Crippen LogP) is 9.47. The molecule has 0 saturated heterocycles. The van der Waals surface area contributed by atoms with Gasteiger partial charge in [-0.25, -0.2) is 0 Å². The average molecular weight is 459 g/mol. The number of hydrogen-bond donors (Lipinski definition) is 0. The van der Waals surface area contributed by atoms with Gasteiger partial charge in [-0.3, -0.25) is 0 Å². The zero-order valence-corrected chi connectivity index (χ0v) is 21.5. The van der Waals surface area contributed by atoms with E-state index in [1.165, 1.54) is 50.3 Å². The minimum atomic E-state index is -0.513. The van der Waals surface area contributed by atoms with Crippen molar-refractivity contribution in [1.82, 2.24) is 0 Å². The van der Waals surface area contributed by atoms with Crippen molar-refractivity contribution < 1.29 is 1.37 Å². The van der Waals surface area contributed by atoms with E-state index in [1.54, 1.807) is 0 Å². The number of hydrogen-bond acceptors (Lipinski definition) is 1. The lowest BCUT2D eigenvalue weighted by Crippen LogP contribution is -2.38. The minimum Gasteiger partial charge on any atom is -0.335 e. The Bertz CT molecular complexity index is 1450. The van der Waals surface area contributed by atoms with Crippen LogP contribution in [0.5, 0.6) is 0 Å². The van der Waals surface area contributed by atoms with Crippen LogP contribution >= 0.6 is 0 Å². The molecule has 1 saturated carbocycles. The number of para-hydroxylation sites is 1. The monoisotopic (exact) mass is 458 g/mol. The van der Waals surface area contributed by atoms with E-state index in [1.807, 2.05) is 0 Å². The van der Waals surface area contributed by atoms with Gasteiger partial charge in [0, 0.05) is 29.3 Å².